The number of amides is 1. The number of rotatable bonds is 5. The van der Waals surface area contributed by atoms with Crippen molar-refractivity contribution in [1.29, 1.82) is 0 Å². The Kier molecular flexibility index (Phi) is 6.90. The smallest absolute Gasteiger partial charge is 0.308 e. The van der Waals surface area contributed by atoms with Crippen molar-refractivity contribution in [2.24, 2.45) is 0 Å². The number of halogens is 5. The predicted octanol–water partition coefficient (Wildman–Crippen LogP) is 7.56. The molecule has 0 radical (unpaired) electrons. The normalized spacial score (nSPS) is 16.9. The zero-order valence-electron chi connectivity index (χ0n) is 17.4. The van der Waals surface area contributed by atoms with Gasteiger partial charge in [-0.05, 0) is 59.1 Å². The fraction of sp³-hybridized carbons (Fsp3) is 0.227. The minimum Gasteiger partial charge on any atom is -0.308 e. The van der Waals surface area contributed by atoms with Gasteiger partial charge in [0.05, 0.1) is 24.5 Å². The van der Waals surface area contributed by atoms with Crippen molar-refractivity contribution >= 4 is 52.2 Å². The number of hydrogen-bond donors (Lipinski definition) is 0. The molecule has 0 aliphatic carbocycles. The summed E-state index contributed by atoms with van der Waals surface area (Å²) in [5.41, 5.74) is -2.99. The maximum atomic E-state index is 14.1. The van der Waals surface area contributed by atoms with Gasteiger partial charge in [-0.25, -0.2) is 4.39 Å². The quantitative estimate of drug-likeness (QED) is 0.251. The zero-order valence-corrected chi connectivity index (χ0v) is 19.8. The van der Waals surface area contributed by atoms with Gasteiger partial charge in [0, 0.05) is 15.9 Å². The number of fused-ring (bicyclic) bond motifs is 1. The number of alkyl halides is 3. The average Bonchev–Trinajstić information content (AvgIpc) is 3.16. The summed E-state index contributed by atoms with van der Waals surface area (Å²) in [6, 6.07) is 6.64. The van der Waals surface area contributed by atoms with E-state index in [1.165, 1.54) is 11.3 Å². The molecule has 4 rings (SSSR count). The van der Waals surface area contributed by atoms with E-state index in [4.69, 9.17) is 20.6 Å². The first-order valence-electron chi connectivity index (χ1n) is 9.92. The van der Waals surface area contributed by atoms with Crippen LogP contribution in [0.3, 0.4) is 0 Å². The van der Waals surface area contributed by atoms with Gasteiger partial charge in [0.25, 0.3) is 5.91 Å². The molecular formula is C22H17ClF4NO4PS. The van der Waals surface area contributed by atoms with Crippen LogP contribution in [0.4, 0.5) is 23.2 Å². The summed E-state index contributed by atoms with van der Waals surface area (Å²) in [4.78, 5) is 14.5. The highest BCUT2D eigenvalue weighted by Crippen LogP contribution is 2.64. The van der Waals surface area contributed by atoms with E-state index in [0.717, 1.165) is 21.9 Å². The van der Waals surface area contributed by atoms with Crippen molar-refractivity contribution in [3.05, 3.63) is 76.5 Å². The Morgan fingerprint density at radius 1 is 1.21 bits per heavy atom. The van der Waals surface area contributed by atoms with Crippen LogP contribution in [0.25, 0.3) is 10.1 Å². The van der Waals surface area contributed by atoms with Crippen LogP contribution in [-0.4, -0.2) is 19.1 Å². The van der Waals surface area contributed by atoms with Gasteiger partial charge < -0.3 is 9.05 Å². The van der Waals surface area contributed by atoms with Crippen LogP contribution in [0.5, 0.6) is 0 Å². The third kappa shape index (κ3) is 4.78. The van der Waals surface area contributed by atoms with Crippen LogP contribution < -0.4 is 4.90 Å². The summed E-state index contributed by atoms with van der Waals surface area (Å²) in [5, 5.41) is 2.48. The molecule has 1 unspecified atom stereocenters. The minimum absolute atomic E-state index is 0.0656. The van der Waals surface area contributed by atoms with E-state index in [9.17, 15) is 26.9 Å². The Labute approximate surface area is 201 Å². The van der Waals surface area contributed by atoms with E-state index in [0.29, 0.717) is 29.0 Å². The Bertz CT molecular complexity index is 1300. The molecule has 5 nitrogen and oxygen atoms in total. The van der Waals surface area contributed by atoms with Gasteiger partial charge in [0.2, 0.25) is 0 Å². The average molecular weight is 534 g/mol. The molecule has 180 valence electrons. The van der Waals surface area contributed by atoms with Gasteiger partial charge in [0.15, 0.2) is 5.66 Å². The molecule has 2 aromatic carbocycles. The third-order valence-corrected chi connectivity index (χ3v) is 8.58. The Morgan fingerprint density at radius 3 is 2.56 bits per heavy atom. The van der Waals surface area contributed by atoms with Crippen molar-refractivity contribution in [1.82, 2.24) is 0 Å². The number of benzene rings is 2. The predicted molar refractivity (Wildman–Crippen MR) is 123 cm³/mol. The van der Waals surface area contributed by atoms with Crippen LogP contribution in [0.2, 0.25) is 5.02 Å². The fourth-order valence-corrected chi connectivity index (χ4v) is 6.96. The lowest BCUT2D eigenvalue weighted by Crippen LogP contribution is -2.32. The van der Waals surface area contributed by atoms with E-state index in [1.807, 2.05) is 0 Å². The van der Waals surface area contributed by atoms with Crippen LogP contribution in [0.1, 0.15) is 23.2 Å². The molecule has 34 heavy (non-hydrogen) atoms. The Morgan fingerprint density at radius 2 is 1.91 bits per heavy atom. The standard InChI is InChI=1S/C22H17ClF4NO4PS/c1-2-28(16-9-13(22(25,26)27)8-15(24)11-16)21(29)20(33(30)31-6-3-7-32-33)18-12-34-19-5-4-14(23)10-17(18)19/h2,4-5,8-12,20H,1,3,6-7H2. The molecule has 0 spiro atoms. The van der Waals surface area contributed by atoms with E-state index in [-0.39, 0.29) is 18.8 Å². The Balaban J connectivity index is 1.87. The lowest BCUT2D eigenvalue weighted by Gasteiger charge is -2.32. The van der Waals surface area contributed by atoms with Gasteiger partial charge >= 0.3 is 13.8 Å². The zero-order chi connectivity index (χ0) is 24.7. The maximum Gasteiger partial charge on any atom is 0.416 e. The van der Waals surface area contributed by atoms with Gasteiger partial charge in [0.1, 0.15) is 5.82 Å². The van der Waals surface area contributed by atoms with E-state index >= 15 is 0 Å². The summed E-state index contributed by atoms with van der Waals surface area (Å²) in [5.74, 6) is -2.15. The van der Waals surface area contributed by atoms with Crippen molar-refractivity contribution < 1.29 is 36.0 Å². The second-order valence-corrected chi connectivity index (χ2v) is 10.8. The van der Waals surface area contributed by atoms with E-state index in [2.05, 4.69) is 6.58 Å². The molecule has 12 heteroatoms. The van der Waals surface area contributed by atoms with Gasteiger partial charge in [-0.15, -0.1) is 11.3 Å². The van der Waals surface area contributed by atoms with Gasteiger partial charge in [-0.3, -0.25) is 14.3 Å². The molecule has 0 bridgehead atoms. The van der Waals surface area contributed by atoms with Crippen LogP contribution in [0, 0.1) is 5.82 Å². The fourth-order valence-electron chi connectivity index (χ4n) is 3.63. The first-order chi connectivity index (χ1) is 16.0. The largest absolute Gasteiger partial charge is 0.416 e. The van der Waals surface area contributed by atoms with Crippen molar-refractivity contribution in [2.45, 2.75) is 18.3 Å². The molecule has 1 saturated heterocycles. The third-order valence-electron chi connectivity index (χ3n) is 5.15. The van der Waals surface area contributed by atoms with Crippen molar-refractivity contribution in [3.63, 3.8) is 0 Å². The summed E-state index contributed by atoms with van der Waals surface area (Å²) in [6.45, 7) is 3.63. The number of thiophene rings is 1. The highest BCUT2D eigenvalue weighted by atomic mass is 35.5. The summed E-state index contributed by atoms with van der Waals surface area (Å²) in [7, 11) is -4.12. The number of hydrogen-bond acceptors (Lipinski definition) is 5. The van der Waals surface area contributed by atoms with E-state index < -0.39 is 42.4 Å². The molecular weight excluding hydrogens is 517 g/mol. The molecule has 1 atom stereocenters. The van der Waals surface area contributed by atoms with E-state index in [1.54, 1.807) is 23.6 Å². The Hall–Kier alpha value is -2.23. The molecule has 1 fully saturated rings. The lowest BCUT2D eigenvalue weighted by atomic mass is 10.1. The first-order valence-corrected chi connectivity index (χ1v) is 12.8. The van der Waals surface area contributed by atoms with Gasteiger partial charge in [-0.2, -0.15) is 13.2 Å². The highest BCUT2D eigenvalue weighted by Gasteiger charge is 2.47. The first kappa shape index (κ1) is 24.9. The minimum atomic E-state index is -4.85. The lowest BCUT2D eigenvalue weighted by molar-refractivity contribution is -0.137. The van der Waals surface area contributed by atoms with Crippen LogP contribution >= 0.6 is 30.5 Å². The van der Waals surface area contributed by atoms with Crippen LogP contribution in [0.15, 0.2) is 54.6 Å². The molecule has 0 N–H and O–H groups in total. The monoisotopic (exact) mass is 533 g/mol. The maximum absolute atomic E-state index is 14.1. The summed E-state index contributed by atoms with van der Waals surface area (Å²) in [6.07, 6.45) is -3.47. The number of carbonyl (C=O) groups is 1. The molecule has 1 amide bonds. The number of carbonyl (C=O) groups excluding carboxylic acids is 1. The topological polar surface area (TPSA) is 55.8 Å². The van der Waals surface area contributed by atoms with Crippen molar-refractivity contribution in [2.75, 3.05) is 18.1 Å². The molecule has 2 heterocycles. The van der Waals surface area contributed by atoms with Gasteiger partial charge in [-0.1, -0.05) is 18.2 Å². The second kappa shape index (κ2) is 9.43. The number of nitrogens with zero attached hydrogens (tertiary/aromatic N) is 1. The molecule has 3 aromatic rings. The summed E-state index contributed by atoms with van der Waals surface area (Å²) >= 11 is 7.39. The van der Waals surface area contributed by atoms with Crippen LogP contribution in [-0.2, 0) is 24.6 Å². The molecule has 0 saturated carbocycles. The number of anilines is 1. The molecule has 1 aliphatic heterocycles. The molecule has 1 aliphatic rings. The summed E-state index contributed by atoms with van der Waals surface area (Å²) < 4.78 is 79.3. The highest BCUT2D eigenvalue weighted by molar-refractivity contribution is 7.55. The SMILES string of the molecule is C=CN(C(=O)C(c1csc2ccc(Cl)cc12)P1(=O)OCCCO1)c1cc(F)cc(C(F)(F)F)c1. The van der Waals surface area contributed by atoms with Crippen molar-refractivity contribution in [3.8, 4) is 0 Å². The second-order valence-electron chi connectivity index (χ2n) is 7.38. The molecule has 1 aromatic heterocycles.